The number of nitrogens with zero attached hydrogens (tertiary/aromatic N) is 2. The number of amides is 2. The van der Waals surface area contributed by atoms with E-state index in [2.05, 4.69) is 5.32 Å². The summed E-state index contributed by atoms with van der Waals surface area (Å²) < 4.78 is 13.9. The topological polar surface area (TPSA) is 52.7 Å². The van der Waals surface area contributed by atoms with Crippen LogP contribution in [-0.4, -0.2) is 30.8 Å². The molecule has 1 N–H and O–H groups in total. The summed E-state index contributed by atoms with van der Waals surface area (Å²) in [6, 6.07) is 20.9. The van der Waals surface area contributed by atoms with Gasteiger partial charge in [-0.2, -0.15) is 0 Å². The van der Waals surface area contributed by atoms with Crippen molar-refractivity contribution in [3.05, 3.63) is 95.3 Å². The average Bonchev–Trinajstić information content (AvgIpc) is 2.82. The van der Waals surface area contributed by atoms with E-state index in [-0.39, 0.29) is 24.4 Å². The Bertz CT molecular complexity index is 1120. The van der Waals surface area contributed by atoms with Gasteiger partial charge in [-0.1, -0.05) is 43.3 Å². The van der Waals surface area contributed by atoms with Crippen LogP contribution in [0.2, 0.25) is 0 Å². The fraction of sp³-hybridized carbons (Fsp3) is 0.259. The van der Waals surface area contributed by atoms with Crippen LogP contribution in [0, 0.1) is 5.82 Å². The molecule has 1 unspecified atom stereocenters. The van der Waals surface area contributed by atoms with Crippen LogP contribution in [0.1, 0.15) is 47.8 Å². The lowest BCUT2D eigenvalue weighted by Gasteiger charge is -2.31. The van der Waals surface area contributed by atoms with Gasteiger partial charge < -0.3 is 15.1 Å². The van der Waals surface area contributed by atoms with Crippen molar-refractivity contribution < 1.29 is 14.0 Å². The highest BCUT2D eigenvalue weighted by molar-refractivity contribution is 5.95. The van der Waals surface area contributed by atoms with Crippen LogP contribution in [0.3, 0.4) is 0 Å². The Balaban J connectivity index is 2.04. The largest absolute Gasteiger partial charge is 0.377 e. The van der Waals surface area contributed by atoms with Gasteiger partial charge in [0.2, 0.25) is 5.91 Å². The third-order valence-electron chi connectivity index (χ3n) is 5.59. The van der Waals surface area contributed by atoms with Gasteiger partial charge in [0, 0.05) is 44.0 Å². The van der Waals surface area contributed by atoms with Crippen molar-refractivity contribution in [3.8, 4) is 0 Å². The van der Waals surface area contributed by atoms with Gasteiger partial charge in [0.05, 0.1) is 6.04 Å². The lowest BCUT2D eigenvalue weighted by Crippen LogP contribution is -2.34. The number of anilines is 2. The first-order chi connectivity index (χ1) is 15.8. The molecule has 33 heavy (non-hydrogen) atoms. The summed E-state index contributed by atoms with van der Waals surface area (Å²) in [5, 5.41) is 2.89. The molecule has 3 aromatic rings. The minimum absolute atomic E-state index is 0.0797. The highest BCUT2D eigenvalue weighted by Gasteiger charge is 2.25. The number of benzene rings is 3. The molecule has 0 saturated carbocycles. The van der Waals surface area contributed by atoms with Crippen LogP contribution < -0.4 is 10.2 Å². The Hall–Kier alpha value is -3.67. The maximum absolute atomic E-state index is 13.9. The molecule has 1 atom stereocenters. The summed E-state index contributed by atoms with van der Waals surface area (Å²) >= 11 is 0. The quantitative estimate of drug-likeness (QED) is 0.486. The first-order valence-corrected chi connectivity index (χ1v) is 11.0. The maximum Gasteiger partial charge on any atom is 0.254 e. The van der Waals surface area contributed by atoms with E-state index in [0.29, 0.717) is 17.7 Å². The third kappa shape index (κ3) is 5.98. The summed E-state index contributed by atoms with van der Waals surface area (Å²) in [5.41, 5.74) is 3.75. The molecule has 0 spiro atoms. The molecule has 172 valence electrons. The standard InChI is InChI=1S/C27H30FN3O2/c1-5-26(32)29-24-14-15-25(30(3)4)22(17-24)18-31(19(2)20-10-7-6-8-11-20)27(33)21-12-9-13-23(28)16-21/h6-17,19H,5,18H2,1-4H3,(H,29,32). The Kier molecular flexibility index (Phi) is 7.83. The monoisotopic (exact) mass is 447 g/mol. The van der Waals surface area contributed by atoms with Gasteiger partial charge in [0.1, 0.15) is 5.82 Å². The van der Waals surface area contributed by atoms with Crippen molar-refractivity contribution in [1.82, 2.24) is 4.90 Å². The second kappa shape index (κ2) is 10.8. The molecule has 6 heteroatoms. The first-order valence-electron chi connectivity index (χ1n) is 11.0. The summed E-state index contributed by atoms with van der Waals surface area (Å²) in [6.07, 6.45) is 0.375. The van der Waals surface area contributed by atoms with Crippen LogP contribution in [0.5, 0.6) is 0 Å². The first kappa shape index (κ1) is 24.0. The lowest BCUT2D eigenvalue weighted by atomic mass is 10.0. The molecular formula is C27H30FN3O2. The fourth-order valence-electron chi connectivity index (χ4n) is 3.74. The Labute approximate surface area is 194 Å². The summed E-state index contributed by atoms with van der Waals surface area (Å²) in [4.78, 5) is 29.2. The van der Waals surface area contributed by atoms with Crippen LogP contribution in [0.25, 0.3) is 0 Å². The molecule has 3 aromatic carbocycles. The van der Waals surface area contributed by atoms with E-state index in [1.54, 1.807) is 24.0 Å². The molecule has 0 fully saturated rings. The van der Waals surface area contributed by atoms with Crippen molar-refractivity contribution >= 4 is 23.2 Å². The molecule has 0 aliphatic heterocycles. The normalized spacial score (nSPS) is 11.5. The molecule has 2 amide bonds. The van der Waals surface area contributed by atoms with Crippen LogP contribution in [0.4, 0.5) is 15.8 Å². The van der Waals surface area contributed by atoms with Gasteiger partial charge in [-0.25, -0.2) is 4.39 Å². The van der Waals surface area contributed by atoms with Gasteiger partial charge in [-0.3, -0.25) is 9.59 Å². The number of hydrogen-bond donors (Lipinski definition) is 1. The average molecular weight is 448 g/mol. The highest BCUT2D eigenvalue weighted by atomic mass is 19.1. The third-order valence-corrected chi connectivity index (χ3v) is 5.59. The number of carbonyl (C=O) groups excluding carboxylic acids is 2. The molecule has 0 aliphatic carbocycles. The zero-order chi connectivity index (χ0) is 24.0. The van der Waals surface area contributed by atoms with E-state index >= 15 is 0 Å². The maximum atomic E-state index is 13.9. The number of nitrogens with one attached hydrogen (secondary N) is 1. The molecule has 0 aliphatic rings. The zero-order valence-electron chi connectivity index (χ0n) is 19.5. The summed E-state index contributed by atoms with van der Waals surface area (Å²) in [6.45, 7) is 4.05. The molecule has 0 radical (unpaired) electrons. The van der Waals surface area contributed by atoms with Crippen molar-refractivity contribution in [2.24, 2.45) is 0 Å². The molecule has 5 nitrogen and oxygen atoms in total. The van der Waals surface area contributed by atoms with E-state index in [1.807, 2.05) is 74.4 Å². The van der Waals surface area contributed by atoms with E-state index in [4.69, 9.17) is 0 Å². The van der Waals surface area contributed by atoms with Crippen molar-refractivity contribution in [2.45, 2.75) is 32.9 Å². The predicted molar refractivity (Wildman–Crippen MR) is 131 cm³/mol. The second-order valence-corrected chi connectivity index (χ2v) is 8.17. The molecule has 0 bridgehead atoms. The molecule has 0 saturated heterocycles. The van der Waals surface area contributed by atoms with Gasteiger partial charge in [0.15, 0.2) is 0 Å². The number of hydrogen-bond acceptors (Lipinski definition) is 3. The minimum Gasteiger partial charge on any atom is -0.377 e. The van der Waals surface area contributed by atoms with Crippen molar-refractivity contribution in [3.63, 3.8) is 0 Å². The lowest BCUT2D eigenvalue weighted by molar-refractivity contribution is -0.115. The van der Waals surface area contributed by atoms with Crippen molar-refractivity contribution in [2.75, 3.05) is 24.3 Å². The highest BCUT2D eigenvalue weighted by Crippen LogP contribution is 2.30. The summed E-state index contributed by atoms with van der Waals surface area (Å²) in [7, 11) is 3.87. The van der Waals surface area contributed by atoms with Gasteiger partial charge in [-0.15, -0.1) is 0 Å². The smallest absolute Gasteiger partial charge is 0.254 e. The van der Waals surface area contributed by atoms with Crippen LogP contribution >= 0.6 is 0 Å². The van der Waals surface area contributed by atoms with Gasteiger partial charge in [-0.05, 0) is 54.4 Å². The van der Waals surface area contributed by atoms with E-state index in [9.17, 15) is 14.0 Å². The van der Waals surface area contributed by atoms with Gasteiger partial charge in [0.25, 0.3) is 5.91 Å². The Morgan fingerprint density at radius 3 is 2.33 bits per heavy atom. The zero-order valence-corrected chi connectivity index (χ0v) is 19.5. The minimum atomic E-state index is -0.452. The summed E-state index contributed by atoms with van der Waals surface area (Å²) in [5.74, 6) is -0.797. The number of halogens is 1. The van der Waals surface area contributed by atoms with E-state index in [1.165, 1.54) is 12.1 Å². The van der Waals surface area contributed by atoms with Crippen molar-refractivity contribution in [1.29, 1.82) is 0 Å². The van der Waals surface area contributed by atoms with E-state index < -0.39 is 5.82 Å². The molecule has 0 heterocycles. The number of rotatable bonds is 8. The SMILES string of the molecule is CCC(=O)Nc1ccc(N(C)C)c(CN(C(=O)c2cccc(F)c2)C(C)c2ccccc2)c1. The van der Waals surface area contributed by atoms with Gasteiger partial charge >= 0.3 is 0 Å². The predicted octanol–water partition coefficient (Wildman–Crippen LogP) is 5.64. The number of carbonyl (C=O) groups is 2. The van der Waals surface area contributed by atoms with Crippen LogP contribution in [0.15, 0.2) is 72.8 Å². The van der Waals surface area contributed by atoms with Crippen LogP contribution in [-0.2, 0) is 11.3 Å². The fourth-order valence-corrected chi connectivity index (χ4v) is 3.74. The second-order valence-electron chi connectivity index (χ2n) is 8.17. The Morgan fingerprint density at radius 1 is 0.970 bits per heavy atom. The molecular weight excluding hydrogens is 417 g/mol. The molecule has 0 aromatic heterocycles. The van der Waals surface area contributed by atoms with E-state index in [0.717, 1.165) is 16.8 Å². The Morgan fingerprint density at radius 2 is 1.70 bits per heavy atom. The molecule has 3 rings (SSSR count).